The van der Waals surface area contributed by atoms with Crippen molar-refractivity contribution in [2.24, 2.45) is 5.73 Å². The second-order valence-corrected chi connectivity index (χ2v) is 3.41. The average Bonchev–Trinajstić information content (AvgIpc) is 2.24. The number of halogens is 6. The highest BCUT2D eigenvalue weighted by atomic mass is 19.4. The molecule has 1 rings (SSSR count). The van der Waals surface area contributed by atoms with Crippen LogP contribution in [0, 0.1) is 0 Å². The fraction of sp³-hybridized carbons (Fsp3) is 0.300. The molecule has 100 valence electrons. The van der Waals surface area contributed by atoms with Crippen molar-refractivity contribution in [2.75, 3.05) is 0 Å². The van der Waals surface area contributed by atoms with Gasteiger partial charge in [-0.05, 0) is 17.7 Å². The number of nitrogens with two attached hydrogens (primary N) is 1. The van der Waals surface area contributed by atoms with Crippen molar-refractivity contribution in [1.29, 1.82) is 0 Å². The first-order valence-electron chi connectivity index (χ1n) is 4.57. The molecule has 0 aliphatic carbocycles. The molecule has 0 saturated heterocycles. The zero-order valence-electron chi connectivity index (χ0n) is 8.69. The molecular weight excluding hydrogens is 264 g/mol. The summed E-state index contributed by atoms with van der Waals surface area (Å²) in [6.07, 6.45) is -10.2. The lowest BCUT2D eigenvalue weighted by Gasteiger charge is -2.16. The molecule has 0 spiro atoms. The van der Waals surface area contributed by atoms with Crippen LogP contribution < -0.4 is 5.73 Å². The number of hydrogen-bond acceptors (Lipinski definition) is 2. The fourth-order valence-electron chi connectivity index (χ4n) is 1.44. The van der Waals surface area contributed by atoms with Gasteiger partial charge in [-0.25, -0.2) is 0 Å². The lowest BCUT2D eigenvalue weighted by atomic mass is 9.98. The lowest BCUT2D eigenvalue weighted by molar-refractivity contribution is -0.143. The minimum Gasteiger partial charge on any atom is -0.326 e. The van der Waals surface area contributed by atoms with E-state index in [4.69, 9.17) is 5.73 Å². The molecule has 0 radical (unpaired) electrons. The van der Waals surface area contributed by atoms with Crippen molar-refractivity contribution in [1.82, 2.24) is 0 Å². The summed E-state index contributed by atoms with van der Waals surface area (Å²) in [6, 6.07) is 0.421. The van der Waals surface area contributed by atoms with E-state index in [-0.39, 0.29) is 12.4 Å². The number of rotatable bonds is 2. The van der Waals surface area contributed by atoms with Gasteiger partial charge in [0, 0.05) is 12.1 Å². The topological polar surface area (TPSA) is 43.1 Å². The van der Waals surface area contributed by atoms with E-state index in [0.717, 1.165) is 0 Å². The Bertz CT molecular complexity index is 463. The van der Waals surface area contributed by atoms with E-state index < -0.39 is 41.2 Å². The minimum atomic E-state index is -5.04. The molecule has 2 nitrogen and oxygen atoms in total. The summed E-state index contributed by atoms with van der Waals surface area (Å²) in [5.74, 6) is 0. The highest BCUT2D eigenvalue weighted by Crippen LogP contribution is 2.38. The molecule has 0 amide bonds. The van der Waals surface area contributed by atoms with Gasteiger partial charge in [-0.1, -0.05) is 0 Å². The van der Waals surface area contributed by atoms with E-state index in [1.807, 2.05) is 0 Å². The van der Waals surface area contributed by atoms with E-state index in [1.54, 1.807) is 0 Å². The molecule has 1 aromatic rings. The monoisotopic (exact) mass is 271 g/mol. The number of aldehydes is 1. The molecule has 0 atom stereocenters. The second-order valence-electron chi connectivity index (χ2n) is 3.41. The van der Waals surface area contributed by atoms with Crippen LogP contribution in [0.25, 0.3) is 0 Å². The second kappa shape index (κ2) is 4.60. The van der Waals surface area contributed by atoms with Gasteiger partial charge in [0.1, 0.15) is 0 Å². The molecule has 0 fully saturated rings. The molecule has 0 saturated carbocycles. The Morgan fingerprint density at radius 2 is 1.50 bits per heavy atom. The Hall–Kier alpha value is -1.57. The van der Waals surface area contributed by atoms with Crippen molar-refractivity contribution in [2.45, 2.75) is 18.9 Å². The van der Waals surface area contributed by atoms with Gasteiger partial charge in [0.15, 0.2) is 6.29 Å². The first-order chi connectivity index (χ1) is 8.11. The van der Waals surface area contributed by atoms with Crippen LogP contribution in [0.15, 0.2) is 12.1 Å². The molecule has 0 aromatic heterocycles. The first kappa shape index (κ1) is 14.5. The smallest absolute Gasteiger partial charge is 0.326 e. The van der Waals surface area contributed by atoms with Crippen LogP contribution in [0.1, 0.15) is 27.0 Å². The third-order valence-electron chi connectivity index (χ3n) is 2.23. The van der Waals surface area contributed by atoms with Crippen LogP contribution in [-0.2, 0) is 18.9 Å². The third-order valence-corrected chi connectivity index (χ3v) is 2.23. The number of carbonyl (C=O) groups excluding carboxylic acids is 1. The maximum absolute atomic E-state index is 12.5. The molecule has 0 unspecified atom stereocenters. The molecule has 18 heavy (non-hydrogen) atoms. The van der Waals surface area contributed by atoms with Gasteiger partial charge in [-0.2, -0.15) is 26.3 Å². The maximum atomic E-state index is 12.5. The normalized spacial score (nSPS) is 12.6. The van der Waals surface area contributed by atoms with E-state index in [1.165, 1.54) is 0 Å². The zero-order valence-corrected chi connectivity index (χ0v) is 8.69. The quantitative estimate of drug-likeness (QED) is 0.663. The Morgan fingerprint density at radius 3 is 1.83 bits per heavy atom. The maximum Gasteiger partial charge on any atom is 0.417 e. The van der Waals surface area contributed by atoms with Crippen molar-refractivity contribution >= 4 is 6.29 Å². The zero-order chi connectivity index (χ0) is 14.1. The molecule has 0 aliphatic heterocycles. The Balaban J connectivity index is 3.60. The van der Waals surface area contributed by atoms with Gasteiger partial charge in [-0.15, -0.1) is 0 Å². The van der Waals surface area contributed by atoms with E-state index in [2.05, 4.69) is 0 Å². The Labute approximate surface area is 97.4 Å². The van der Waals surface area contributed by atoms with Crippen molar-refractivity contribution in [3.05, 3.63) is 34.4 Å². The van der Waals surface area contributed by atoms with Crippen molar-refractivity contribution in [3.63, 3.8) is 0 Å². The van der Waals surface area contributed by atoms with Crippen LogP contribution in [0.3, 0.4) is 0 Å². The van der Waals surface area contributed by atoms with Crippen LogP contribution in [0.4, 0.5) is 26.3 Å². The van der Waals surface area contributed by atoms with Crippen molar-refractivity contribution < 1.29 is 31.1 Å². The summed E-state index contributed by atoms with van der Waals surface area (Å²) in [5, 5.41) is 0. The summed E-state index contributed by atoms with van der Waals surface area (Å²) < 4.78 is 75.0. The number of benzene rings is 1. The predicted octanol–water partition coefficient (Wildman–Crippen LogP) is 3.00. The van der Waals surface area contributed by atoms with Gasteiger partial charge >= 0.3 is 12.4 Å². The molecular formula is C10H7F6NO. The van der Waals surface area contributed by atoms with Gasteiger partial charge in [0.25, 0.3) is 0 Å². The molecule has 8 heteroatoms. The minimum absolute atomic E-state index is 0.0913. The van der Waals surface area contributed by atoms with Crippen molar-refractivity contribution in [3.8, 4) is 0 Å². The number of alkyl halides is 6. The van der Waals surface area contributed by atoms with Gasteiger partial charge in [-0.3, -0.25) is 4.79 Å². The standard InChI is InChI=1S/C10H7F6NO/c11-9(12,13)7-2-8(10(14,15)16)6(4-18)1-5(7)3-17/h1-2,4H,3,17H2. The van der Waals surface area contributed by atoms with Crippen LogP contribution in [0.5, 0.6) is 0 Å². The predicted molar refractivity (Wildman–Crippen MR) is 49.7 cm³/mol. The molecule has 1 aromatic carbocycles. The Kier molecular flexibility index (Phi) is 3.70. The largest absolute Gasteiger partial charge is 0.417 e. The number of carbonyl (C=O) groups is 1. The van der Waals surface area contributed by atoms with Gasteiger partial charge < -0.3 is 5.73 Å². The number of hydrogen-bond donors (Lipinski definition) is 1. The lowest BCUT2D eigenvalue weighted by Crippen LogP contribution is -2.17. The highest BCUT2D eigenvalue weighted by Gasteiger charge is 2.39. The summed E-state index contributed by atoms with van der Waals surface area (Å²) >= 11 is 0. The van der Waals surface area contributed by atoms with E-state index in [9.17, 15) is 31.1 Å². The van der Waals surface area contributed by atoms with Crippen LogP contribution >= 0.6 is 0 Å². The first-order valence-corrected chi connectivity index (χ1v) is 4.57. The summed E-state index contributed by atoms with van der Waals surface area (Å²) in [6.45, 7) is -0.617. The summed E-state index contributed by atoms with van der Waals surface area (Å²) in [5.41, 5.74) is 0.504. The van der Waals surface area contributed by atoms with Crippen LogP contribution in [-0.4, -0.2) is 6.29 Å². The Morgan fingerprint density at radius 1 is 1.00 bits per heavy atom. The SMILES string of the molecule is NCc1cc(C=O)c(C(F)(F)F)cc1C(F)(F)F. The summed E-state index contributed by atoms with van der Waals surface area (Å²) in [4.78, 5) is 10.5. The summed E-state index contributed by atoms with van der Waals surface area (Å²) in [7, 11) is 0. The fourth-order valence-corrected chi connectivity index (χ4v) is 1.44. The molecule has 0 aliphatic rings. The van der Waals surface area contributed by atoms with E-state index >= 15 is 0 Å². The van der Waals surface area contributed by atoms with Gasteiger partial charge in [0.05, 0.1) is 11.1 Å². The van der Waals surface area contributed by atoms with Gasteiger partial charge in [0.2, 0.25) is 0 Å². The molecule has 0 bridgehead atoms. The average molecular weight is 271 g/mol. The highest BCUT2D eigenvalue weighted by molar-refractivity contribution is 5.78. The van der Waals surface area contributed by atoms with E-state index in [0.29, 0.717) is 6.07 Å². The van der Waals surface area contributed by atoms with Crippen LogP contribution in [0.2, 0.25) is 0 Å². The molecule has 2 N–H and O–H groups in total. The third kappa shape index (κ3) is 2.81. The molecule has 0 heterocycles.